The number of anilines is 1. The lowest BCUT2D eigenvalue weighted by molar-refractivity contribution is -0.142. The Balaban J connectivity index is 1.88. The Hall–Kier alpha value is -2.73. The van der Waals surface area contributed by atoms with Gasteiger partial charge < -0.3 is 10.1 Å². The van der Waals surface area contributed by atoms with Crippen molar-refractivity contribution in [2.75, 3.05) is 11.9 Å². The van der Waals surface area contributed by atoms with Crippen molar-refractivity contribution in [2.45, 2.75) is 6.92 Å². The smallest absolute Gasteiger partial charge is 0.331 e. The molecule has 5 nitrogen and oxygen atoms in total. The molecule has 0 aromatic heterocycles. The standard InChI is InChI=1S/C19H16BrNO4/c1-13(22)16-7-2-3-8-17(16)21-18(23)12-25-19(24)10-9-14-5-4-6-15(20)11-14/h2-11H,12H2,1H3,(H,21,23)/b10-9+. The number of ether oxygens (including phenoxy) is 1. The number of carbonyl (C=O) groups is 3. The van der Waals surface area contributed by atoms with E-state index in [0.717, 1.165) is 10.0 Å². The molecule has 0 bridgehead atoms. The summed E-state index contributed by atoms with van der Waals surface area (Å²) >= 11 is 3.34. The zero-order chi connectivity index (χ0) is 18.2. The molecule has 0 saturated heterocycles. The number of para-hydroxylation sites is 1. The Morgan fingerprint density at radius 3 is 2.60 bits per heavy atom. The van der Waals surface area contributed by atoms with E-state index in [0.29, 0.717) is 11.3 Å². The fraction of sp³-hybridized carbons (Fsp3) is 0.105. The number of hydrogen-bond donors (Lipinski definition) is 1. The molecule has 2 aromatic carbocycles. The summed E-state index contributed by atoms with van der Waals surface area (Å²) in [5, 5.41) is 2.56. The monoisotopic (exact) mass is 401 g/mol. The molecule has 0 saturated carbocycles. The molecule has 0 radical (unpaired) electrons. The van der Waals surface area contributed by atoms with Crippen LogP contribution in [-0.2, 0) is 14.3 Å². The average Bonchev–Trinajstić information content (AvgIpc) is 2.58. The van der Waals surface area contributed by atoms with E-state index in [1.165, 1.54) is 13.0 Å². The summed E-state index contributed by atoms with van der Waals surface area (Å²) in [6.07, 6.45) is 2.84. The number of nitrogens with one attached hydrogen (secondary N) is 1. The molecular weight excluding hydrogens is 386 g/mol. The molecule has 0 spiro atoms. The van der Waals surface area contributed by atoms with Crippen LogP contribution < -0.4 is 5.32 Å². The van der Waals surface area contributed by atoms with Gasteiger partial charge in [-0.1, -0.05) is 40.2 Å². The van der Waals surface area contributed by atoms with Crippen LogP contribution in [0.5, 0.6) is 0 Å². The van der Waals surface area contributed by atoms with Gasteiger partial charge in [0, 0.05) is 16.1 Å². The molecule has 25 heavy (non-hydrogen) atoms. The number of amides is 1. The van der Waals surface area contributed by atoms with Crippen molar-refractivity contribution in [3.63, 3.8) is 0 Å². The highest BCUT2D eigenvalue weighted by Gasteiger charge is 2.10. The van der Waals surface area contributed by atoms with Crippen molar-refractivity contribution >= 4 is 45.4 Å². The van der Waals surface area contributed by atoms with Crippen LogP contribution >= 0.6 is 15.9 Å². The first-order chi connectivity index (χ1) is 12.0. The summed E-state index contributed by atoms with van der Waals surface area (Å²) in [5.74, 6) is -1.31. The van der Waals surface area contributed by atoms with E-state index >= 15 is 0 Å². The van der Waals surface area contributed by atoms with Crippen molar-refractivity contribution in [1.29, 1.82) is 0 Å². The Bertz CT molecular complexity index is 830. The van der Waals surface area contributed by atoms with Crippen molar-refractivity contribution in [1.82, 2.24) is 0 Å². The highest BCUT2D eigenvalue weighted by molar-refractivity contribution is 9.10. The Morgan fingerprint density at radius 1 is 1.12 bits per heavy atom. The van der Waals surface area contributed by atoms with E-state index in [-0.39, 0.29) is 5.78 Å². The van der Waals surface area contributed by atoms with Gasteiger partial charge in [-0.2, -0.15) is 0 Å². The van der Waals surface area contributed by atoms with Gasteiger partial charge in [-0.3, -0.25) is 9.59 Å². The number of halogens is 1. The summed E-state index contributed by atoms with van der Waals surface area (Å²) < 4.78 is 5.79. The van der Waals surface area contributed by atoms with Gasteiger partial charge in [-0.25, -0.2) is 4.79 Å². The van der Waals surface area contributed by atoms with Gasteiger partial charge in [0.25, 0.3) is 5.91 Å². The molecule has 128 valence electrons. The van der Waals surface area contributed by atoms with E-state index in [1.807, 2.05) is 24.3 Å². The maximum Gasteiger partial charge on any atom is 0.331 e. The van der Waals surface area contributed by atoms with E-state index in [1.54, 1.807) is 30.3 Å². The lowest BCUT2D eigenvalue weighted by atomic mass is 10.1. The normalized spacial score (nSPS) is 10.5. The first kappa shape index (κ1) is 18.6. The van der Waals surface area contributed by atoms with Crippen LogP contribution in [0.3, 0.4) is 0 Å². The number of esters is 1. The van der Waals surface area contributed by atoms with Crippen LogP contribution in [0.15, 0.2) is 59.1 Å². The summed E-state index contributed by atoms with van der Waals surface area (Å²) in [5.41, 5.74) is 1.61. The van der Waals surface area contributed by atoms with Crippen LogP contribution in [0.4, 0.5) is 5.69 Å². The molecule has 0 aliphatic carbocycles. The molecule has 0 atom stereocenters. The van der Waals surface area contributed by atoms with Crippen molar-refractivity contribution in [2.24, 2.45) is 0 Å². The van der Waals surface area contributed by atoms with Gasteiger partial charge in [0.2, 0.25) is 0 Å². The third-order valence-electron chi connectivity index (χ3n) is 3.19. The second kappa shape index (κ2) is 8.94. The highest BCUT2D eigenvalue weighted by Crippen LogP contribution is 2.15. The number of Topliss-reactive ketones (excluding diaryl/α,β-unsaturated/α-hetero) is 1. The van der Waals surface area contributed by atoms with Gasteiger partial charge in [0.1, 0.15) is 0 Å². The molecule has 6 heteroatoms. The predicted octanol–water partition coefficient (Wildman–Crippen LogP) is 3.85. The van der Waals surface area contributed by atoms with Gasteiger partial charge in [-0.05, 0) is 42.8 Å². The zero-order valence-electron chi connectivity index (χ0n) is 13.5. The molecule has 2 aromatic rings. The Labute approximate surface area is 153 Å². The van der Waals surface area contributed by atoms with Crippen LogP contribution in [-0.4, -0.2) is 24.3 Å². The number of ketones is 1. The van der Waals surface area contributed by atoms with Crippen LogP contribution in [0, 0.1) is 0 Å². The molecular formula is C19H16BrNO4. The summed E-state index contributed by atoms with van der Waals surface area (Å²) in [4.78, 5) is 35.1. The number of benzene rings is 2. The maximum absolute atomic E-state index is 11.9. The second-order valence-electron chi connectivity index (χ2n) is 5.15. The van der Waals surface area contributed by atoms with Crippen LogP contribution in [0.2, 0.25) is 0 Å². The first-order valence-electron chi connectivity index (χ1n) is 7.46. The molecule has 0 heterocycles. The summed E-state index contributed by atoms with van der Waals surface area (Å²) in [6, 6.07) is 14.0. The molecule has 0 aliphatic heterocycles. The Kier molecular flexibility index (Phi) is 6.65. The van der Waals surface area contributed by atoms with Gasteiger partial charge >= 0.3 is 5.97 Å². The lowest BCUT2D eigenvalue weighted by Crippen LogP contribution is -2.21. The summed E-state index contributed by atoms with van der Waals surface area (Å²) in [7, 11) is 0. The van der Waals surface area contributed by atoms with Crippen LogP contribution in [0.25, 0.3) is 6.08 Å². The van der Waals surface area contributed by atoms with E-state index in [9.17, 15) is 14.4 Å². The second-order valence-corrected chi connectivity index (χ2v) is 6.06. The zero-order valence-corrected chi connectivity index (χ0v) is 15.1. The minimum Gasteiger partial charge on any atom is -0.452 e. The third-order valence-corrected chi connectivity index (χ3v) is 3.68. The summed E-state index contributed by atoms with van der Waals surface area (Å²) in [6.45, 7) is 0.978. The quantitative estimate of drug-likeness (QED) is 0.453. The van der Waals surface area contributed by atoms with Crippen molar-refractivity contribution in [3.8, 4) is 0 Å². The molecule has 0 fully saturated rings. The number of carbonyl (C=O) groups excluding carboxylic acids is 3. The van der Waals surface area contributed by atoms with Crippen molar-refractivity contribution in [3.05, 3.63) is 70.2 Å². The minimum absolute atomic E-state index is 0.162. The van der Waals surface area contributed by atoms with Gasteiger partial charge in [0.05, 0.1) is 5.69 Å². The van der Waals surface area contributed by atoms with E-state index < -0.39 is 18.5 Å². The van der Waals surface area contributed by atoms with Crippen LogP contribution in [0.1, 0.15) is 22.8 Å². The fourth-order valence-electron chi connectivity index (χ4n) is 2.04. The van der Waals surface area contributed by atoms with Gasteiger partial charge in [0.15, 0.2) is 12.4 Å². The first-order valence-corrected chi connectivity index (χ1v) is 8.25. The van der Waals surface area contributed by atoms with Crippen molar-refractivity contribution < 1.29 is 19.1 Å². The average molecular weight is 402 g/mol. The largest absolute Gasteiger partial charge is 0.452 e. The molecule has 1 N–H and O–H groups in total. The molecule has 0 unspecified atom stereocenters. The molecule has 0 aliphatic rings. The predicted molar refractivity (Wildman–Crippen MR) is 99.2 cm³/mol. The fourth-order valence-corrected chi connectivity index (χ4v) is 2.46. The third kappa shape index (κ3) is 6.00. The highest BCUT2D eigenvalue weighted by atomic mass is 79.9. The minimum atomic E-state index is -0.630. The topological polar surface area (TPSA) is 72.5 Å². The van der Waals surface area contributed by atoms with Gasteiger partial charge in [-0.15, -0.1) is 0 Å². The van der Waals surface area contributed by atoms with E-state index in [4.69, 9.17) is 4.74 Å². The maximum atomic E-state index is 11.9. The number of hydrogen-bond acceptors (Lipinski definition) is 4. The molecule has 1 amide bonds. The van der Waals surface area contributed by atoms with E-state index in [2.05, 4.69) is 21.2 Å². The molecule has 2 rings (SSSR count). The lowest BCUT2D eigenvalue weighted by Gasteiger charge is -2.08. The SMILES string of the molecule is CC(=O)c1ccccc1NC(=O)COC(=O)/C=C/c1cccc(Br)c1. The Morgan fingerprint density at radius 2 is 1.88 bits per heavy atom. The number of rotatable bonds is 6.